The lowest BCUT2D eigenvalue weighted by molar-refractivity contribution is 0.592. The maximum atomic E-state index is 12.6. The standard InChI is InChI=1S/C12H8BClFO/c14-10-3-1-9(2-4-10)13-16-12-7-5-11(15)6-8-12/h1-8H. The van der Waals surface area contributed by atoms with Gasteiger partial charge < -0.3 is 4.65 Å². The summed E-state index contributed by atoms with van der Waals surface area (Å²) in [7, 11) is 1.59. The van der Waals surface area contributed by atoms with Gasteiger partial charge in [-0.15, -0.1) is 0 Å². The summed E-state index contributed by atoms with van der Waals surface area (Å²) >= 11 is 5.75. The minimum absolute atomic E-state index is 0.279. The van der Waals surface area contributed by atoms with Crippen LogP contribution in [0.1, 0.15) is 0 Å². The summed E-state index contributed by atoms with van der Waals surface area (Å²) < 4.78 is 18.0. The van der Waals surface area contributed by atoms with Crippen molar-refractivity contribution < 1.29 is 9.04 Å². The first-order chi connectivity index (χ1) is 7.74. The average molecular weight is 233 g/mol. The van der Waals surface area contributed by atoms with E-state index in [1.807, 2.05) is 12.1 Å². The Hall–Kier alpha value is -1.48. The van der Waals surface area contributed by atoms with E-state index in [1.165, 1.54) is 12.1 Å². The van der Waals surface area contributed by atoms with Gasteiger partial charge in [0.2, 0.25) is 0 Å². The second kappa shape index (κ2) is 5.04. The molecule has 16 heavy (non-hydrogen) atoms. The average Bonchev–Trinajstić information content (AvgIpc) is 2.30. The van der Waals surface area contributed by atoms with Crippen LogP contribution in [0, 0.1) is 5.82 Å². The van der Waals surface area contributed by atoms with E-state index in [0.29, 0.717) is 10.8 Å². The summed E-state index contributed by atoms with van der Waals surface area (Å²) in [6.07, 6.45) is 0. The largest absolute Gasteiger partial charge is 0.558 e. The van der Waals surface area contributed by atoms with Crippen molar-refractivity contribution in [3.05, 3.63) is 59.4 Å². The number of rotatable bonds is 3. The van der Waals surface area contributed by atoms with Gasteiger partial charge in [-0.2, -0.15) is 0 Å². The first kappa shape index (κ1) is 11.0. The van der Waals surface area contributed by atoms with Crippen molar-refractivity contribution in [2.24, 2.45) is 0 Å². The molecule has 2 aromatic carbocycles. The van der Waals surface area contributed by atoms with Gasteiger partial charge in [-0.1, -0.05) is 23.7 Å². The Morgan fingerprint density at radius 3 is 2.19 bits per heavy atom. The van der Waals surface area contributed by atoms with E-state index in [4.69, 9.17) is 16.3 Å². The van der Waals surface area contributed by atoms with Gasteiger partial charge in [-0.05, 0) is 41.9 Å². The number of hydrogen-bond donors (Lipinski definition) is 0. The number of benzene rings is 2. The van der Waals surface area contributed by atoms with Crippen LogP contribution in [-0.4, -0.2) is 7.48 Å². The van der Waals surface area contributed by atoms with Crippen molar-refractivity contribution >= 4 is 24.5 Å². The fraction of sp³-hybridized carbons (Fsp3) is 0. The van der Waals surface area contributed by atoms with Crippen LogP contribution in [-0.2, 0) is 0 Å². The zero-order valence-electron chi connectivity index (χ0n) is 8.36. The zero-order chi connectivity index (χ0) is 11.4. The van der Waals surface area contributed by atoms with Crippen LogP contribution >= 0.6 is 11.6 Å². The topological polar surface area (TPSA) is 9.23 Å². The van der Waals surface area contributed by atoms with Crippen LogP contribution in [0.5, 0.6) is 5.75 Å². The molecule has 0 aliphatic rings. The van der Waals surface area contributed by atoms with Gasteiger partial charge in [-0.25, -0.2) is 4.39 Å². The van der Waals surface area contributed by atoms with Crippen LogP contribution in [0.25, 0.3) is 0 Å². The quantitative estimate of drug-likeness (QED) is 0.741. The van der Waals surface area contributed by atoms with Crippen molar-refractivity contribution in [2.45, 2.75) is 0 Å². The van der Waals surface area contributed by atoms with Gasteiger partial charge in [0.15, 0.2) is 0 Å². The van der Waals surface area contributed by atoms with Crippen molar-refractivity contribution in [3.8, 4) is 5.75 Å². The predicted octanol–water partition coefficient (Wildman–Crippen LogP) is 2.80. The normalized spacial score (nSPS) is 9.88. The van der Waals surface area contributed by atoms with E-state index in [9.17, 15) is 4.39 Å². The summed E-state index contributed by atoms with van der Waals surface area (Å²) in [5.74, 6) is 0.315. The highest BCUT2D eigenvalue weighted by Crippen LogP contribution is 2.10. The molecule has 0 atom stereocenters. The monoisotopic (exact) mass is 233 g/mol. The summed E-state index contributed by atoms with van der Waals surface area (Å²) in [5.41, 5.74) is 0.897. The molecule has 1 radical (unpaired) electrons. The molecule has 4 heteroatoms. The highest BCUT2D eigenvalue weighted by molar-refractivity contribution is 6.47. The molecule has 2 rings (SSSR count). The van der Waals surface area contributed by atoms with E-state index in [2.05, 4.69) is 0 Å². The molecule has 0 heterocycles. The van der Waals surface area contributed by atoms with Crippen molar-refractivity contribution in [3.63, 3.8) is 0 Å². The Balaban J connectivity index is 1.97. The zero-order valence-corrected chi connectivity index (χ0v) is 9.12. The van der Waals surface area contributed by atoms with Gasteiger partial charge in [0, 0.05) is 5.02 Å². The number of halogens is 2. The fourth-order valence-electron chi connectivity index (χ4n) is 1.19. The Morgan fingerprint density at radius 2 is 1.56 bits per heavy atom. The lowest BCUT2D eigenvalue weighted by Gasteiger charge is -2.04. The molecular weight excluding hydrogens is 225 g/mol. The summed E-state index contributed by atoms with van der Waals surface area (Å²) in [6, 6.07) is 13.1. The maximum absolute atomic E-state index is 12.6. The highest BCUT2D eigenvalue weighted by Gasteiger charge is 2.00. The predicted molar refractivity (Wildman–Crippen MR) is 63.9 cm³/mol. The first-order valence-electron chi connectivity index (χ1n) is 4.75. The molecule has 0 spiro atoms. The lowest BCUT2D eigenvalue weighted by Crippen LogP contribution is -2.19. The molecule has 0 aliphatic carbocycles. The second-order valence-electron chi connectivity index (χ2n) is 3.24. The van der Waals surface area contributed by atoms with E-state index in [0.717, 1.165) is 5.46 Å². The molecule has 0 bridgehead atoms. The minimum Gasteiger partial charge on any atom is -0.558 e. The van der Waals surface area contributed by atoms with Crippen LogP contribution in [0.3, 0.4) is 0 Å². The molecule has 0 amide bonds. The molecule has 0 aromatic heterocycles. The second-order valence-corrected chi connectivity index (χ2v) is 3.68. The fourth-order valence-corrected chi connectivity index (χ4v) is 1.32. The minimum atomic E-state index is -0.279. The molecule has 79 valence electrons. The van der Waals surface area contributed by atoms with Crippen LogP contribution in [0.15, 0.2) is 48.5 Å². The third-order valence-electron chi connectivity index (χ3n) is 2.01. The van der Waals surface area contributed by atoms with Crippen LogP contribution in [0.2, 0.25) is 5.02 Å². The first-order valence-corrected chi connectivity index (χ1v) is 5.13. The molecule has 0 saturated carbocycles. The maximum Gasteiger partial charge on any atom is 0.408 e. The van der Waals surface area contributed by atoms with Crippen LogP contribution < -0.4 is 10.1 Å². The van der Waals surface area contributed by atoms with E-state index in [1.54, 1.807) is 31.7 Å². The molecule has 1 nitrogen and oxygen atoms in total. The summed E-state index contributed by atoms with van der Waals surface area (Å²) in [5, 5.41) is 0.680. The van der Waals surface area contributed by atoms with Gasteiger partial charge in [0.25, 0.3) is 0 Å². The van der Waals surface area contributed by atoms with Crippen molar-refractivity contribution in [2.75, 3.05) is 0 Å². The summed E-state index contributed by atoms with van der Waals surface area (Å²) in [6.45, 7) is 0. The Bertz CT molecular complexity index is 410. The molecule has 0 fully saturated rings. The molecule has 0 unspecified atom stereocenters. The molecule has 0 saturated heterocycles. The molecule has 2 aromatic rings. The molecular formula is C12H8BClFO. The smallest absolute Gasteiger partial charge is 0.408 e. The Labute approximate surface area is 99.1 Å². The molecule has 0 N–H and O–H groups in total. The lowest BCUT2D eigenvalue weighted by atomic mass is 9.88. The number of hydrogen-bond acceptors (Lipinski definition) is 1. The highest BCUT2D eigenvalue weighted by atomic mass is 35.5. The molecule has 0 aliphatic heterocycles. The Kier molecular flexibility index (Phi) is 3.47. The van der Waals surface area contributed by atoms with Gasteiger partial charge >= 0.3 is 7.48 Å². The Morgan fingerprint density at radius 1 is 0.938 bits per heavy atom. The SMILES string of the molecule is Fc1ccc(O[B]c2ccc(Cl)cc2)cc1. The van der Waals surface area contributed by atoms with E-state index in [-0.39, 0.29) is 5.82 Å². The van der Waals surface area contributed by atoms with E-state index < -0.39 is 0 Å². The van der Waals surface area contributed by atoms with Crippen molar-refractivity contribution in [1.82, 2.24) is 0 Å². The summed E-state index contributed by atoms with van der Waals surface area (Å²) in [4.78, 5) is 0. The van der Waals surface area contributed by atoms with Gasteiger partial charge in [-0.3, -0.25) is 0 Å². The van der Waals surface area contributed by atoms with Crippen molar-refractivity contribution in [1.29, 1.82) is 0 Å². The van der Waals surface area contributed by atoms with Gasteiger partial charge in [0.1, 0.15) is 5.82 Å². The van der Waals surface area contributed by atoms with Crippen LogP contribution in [0.4, 0.5) is 4.39 Å². The van der Waals surface area contributed by atoms with Gasteiger partial charge in [0.05, 0.1) is 5.75 Å². The third-order valence-corrected chi connectivity index (χ3v) is 2.27. The van der Waals surface area contributed by atoms with E-state index >= 15 is 0 Å². The third kappa shape index (κ3) is 3.01.